The summed E-state index contributed by atoms with van der Waals surface area (Å²) in [5.41, 5.74) is 4.25. The fourth-order valence-corrected chi connectivity index (χ4v) is 4.80. The van der Waals surface area contributed by atoms with Gasteiger partial charge in [-0.05, 0) is 22.9 Å². The minimum absolute atomic E-state index is 0.935. The van der Waals surface area contributed by atoms with Gasteiger partial charge in [-0.2, -0.15) is 0 Å². The molecule has 2 heteroatoms. The van der Waals surface area contributed by atoms with Crippen LogP contribution in [0, 0.1) is 0 Å². The molecule has 2 heterocycles. The Morgan fingerprint density at radius 3 is 2.14 bits per heavy atom. The Morgan fingerprint density at radius 2 is 1.25 bits per heavy atom. The molecule has 0 fully saturated rings. The van der Waals surface area contributed by atoms with Gasteiger partial charge in [0.05, 0.1) is 5.52 Å². The largest absolute Gasteiger partial charge is 0.455 e. The van der Waals surface area contributed by atoms with Gasteiger partial charge in [0.2, 0.25) is 0 Å². The third-order valence-corrected chi connectivity index (χ3v) is 5.98. The van der Waals surface area contributed by atoms with Gasteiger partial charge < -0.3 is 9.40 Å². The highest BCUT2D eigenvalue weighted by Crippen LogP contribution is 2.44. The summed E-state index contributed by atoms with van der Waals surface area (Å²) in [7, 11) is 0. The fraction of sp³-hybridized carbons (Fsp3) is 0. The van der Waals surface area contributed by atoms with Crippen LogP contribution >= 0.6 is 0 Å². The Morgan fingerprint density at radius 1 is 0.536 bits per heavy atom. The minimum atomic E-state index is 0.935. The zero-order valence-corrected chi connectivity index (χ0v) is 15.0. The molecule has 7 rings (SSSR count). The number of benzene rings is 5. The molecule has 0 aliphatic rings. The summed E-state index contributed by atoms with van der Waals surface area (Å²) < 4.78 is 6.39. The van der Waals surface area contributed by atoms with Crippen molar-refractivity contribution in [1.82, 2.24) is 4.98 Å². The first-order valence-electron chi connectivity index (χ1n) is 9.55. The van der Waals surface area contributed by atoms with Gasteiger partial charge in [-0.25, -0.2) is 0 Å². The van der Waals surface area contributed by atoms with Crippen LogP contribution in [0.15, 0.2) is 89.3 Å². The van der Waals surface area contributed by atoms with E-state index >= 15 is 0 Å². The van der Waals surface area contributed by atoms with Crippen molar-refractivity contribution >= 4 is 65.3 Å². The quantitative estimate of drug-likeness (QED) is 0.299. The molecule has 0 bridgehead atoms. The number of nitrogens with one attached hydrogen (secondary N) is 1. The average Bonchev–Trinajstić information content (AvgIpc) is 3.33. The standard InChI is InChI=1S/C26H15NO/c1-2-8-16-15(7-1)13-14-20-22(16)24-23-19-11-5-6-12-21(19)28-26(23)18-10-4-3-9-17(18)25(24)27-20/h1-14,27H. The number of rotatable bonds is 0. The van der Waals surface area contributed by atoms with E-state index in [9.17, 15) is 0 Å². The second-order valence-electron chi connectivity index (χ2n) is 7.43. The highest BCUT2D eigenvalue weighted by atomic mass is 16.3. The van der Waals surface area contributed by atoms with Gasteiger partial charge in [0.1, 0.15) is 11.2 Å². The van der Waals surface area contributed by atoms with Crippen molar-refractivity contribution in [2.24, 2.45) is 0 Å². The van der Waals surface area contributed by atoms with Crippen LogP contribution in [-0.2, 0) is 0 Å². The number of fused-ring (bicyclic) bond motifs is 12. The molecule has 0 saturated carbocycles. The van der Waals surface area contributed by atoms with Crippen LogP contribution in [-0.4, -0.2) is 4.98 Å². The Labute approximate surface area is 160 Å². The molecular formula is C26H15NO. The van der Waals surface area contributed by atoms with Gasteiger partial charge in [0.15, 0.2) is 0 Å². The number of hydrogen-bond donors (Lipinski definition) is 1. The van der Waals surface area contributed by atoms with Crippen molar-refractivity contribution in [3.05, 3.63) is 84.9 Å². The number of furan rings is 1. The molecule has 0 spiro atoms. The van der Waals surface area contributed by atoms with Crippen molar-refractivity contribution in [3.63, 3.8) is 0 Å². The molecule has 130 valence electrons. The third-order valence-electron chi connectivity index (χ3n) is 5.98. The second-order valence-corrected chi connectivity index (χ2v) is 7.43. The zero-order valence-electron chi connectivity index (χ0n) is 15.0. The van der Waals surface area contributed by atoms with Crippen LogP contribution in [0.4, 0.5) is 0 Å². The van der Waals surface area contributed by atoms with Crippen molar-refractivity contribution in [1.29, 1.82) is 0 Å². The van der Waals surface area contributed by atoms with E-state index in [2.05, 4.69) is 83.8 Å². The maximum absolute atomic E-state index is 6.39. The van der Waals surface area contributed by atoms with Crippen molar-refractivity contribution in [2.75, 3.05) is 0 Å². The lowest BCUT2D eigenvalue weighted by Crippen LogP contribution is -1.78. The SMILES string of the molecule is c1ccc2c(c1)ccc1[nH]c3c4ccccc4c4oc5ccccc5c4c3c12. The summed E-state index contributed by atoms with van der Waals surface area (Å²) in [6, 6.07) is 29.9. The van der Waals surface area contributed by atoms with Gasteiger partial charge in [-0.3, -0.25) is 0 Å². The Hall–Kier alpha value is -3.78. The van der Waals surface area contributed by atoms with Crippen molar-refractivity contribution < 1.29 is 4.42 Å². The summed E-state index contributed by atoms with van der Waals surface area (Å²) in [4.78, 5) is 3.72. The number of hydrogen-bond acceptors (Lipinski definition) is 1. The van der Waals surface area contributed by atoms with E-state index in [1.54, 1.807) is 0 Å². The van der Waals surface area contributed by atoms with E-state index in [1.807, 2.05) is 6.07 Å². The average molecular weight is 357 g/mol. The molecule has 2 nitrogen and oxygen atoms in total. The molecule has 0 aliphatic carbocycles. The Kier molecular flexibility index (Phi) is 2.52. The molecule has 2 aromatic heterocycles. The van der Waals surface area contributed by atoms with Crippen LogP contribution < -0.4 is 0 Å². The van der Waals surface area contributed by atoms with E-state index in [0.717, 1.165) is 22.1 Å². The lowest BCUT2D eigenvalue weighted by atomic mass is 9.97. The first-order valence-corrected chi connectivity index (χ1v) is 9.55. The number of para-hydroxylation sites is 1. The zero-order chi connectivity index (χ0) is 18.2. The normalized spacial score (nSPS) is 12.3. The summed E-state index contributed by atoms with van der Waals surface area (Å²) in [6.07, 6.45) is 0. The van der Waals surface area contributed by atoms with Crippen molar-refractivity contribution in [3.8, 4) is 0 Å². The number of aromatic nitrogens is 1. The molecule has 5 aromatic carbocycles. The molecular weight excluding hydrogens is 342 g/mol. The van der Waals surface area contributed by atoms with Crippen LogP contribution in [0.3, 0.4) is 0 Å². The summed E-state index contributed by atoms with van der Waals surface area (Å²) >= 11 is 0. The second kappa shape index (κ2) is 4.93. The van der Waals surface area contributed by atoms with Crippen LogP contribution in [0.2, 0.25) is 0 Å². The molecule has 1 N–H and O–H groups in total. The molecule has 0 radical (unpaired) electrons. The van der Waals surface area contributed by atoms with E-state index in [1.165, 1.54) is 43.2 Å². The summed E-state index contributed by atoms with van der Waals surface area (Å²) in [5.74, 6) is 0. The first-order chi connectivity index (χ1) is 13.9. The highest BCUT2D eigenvalue weighted by molar-refractivity contribution is 6.38. The van der Waals surface area contributed by atoms with E-state index in [4.69, 9.17) is 4.42 Å². The summed E-state index contributed by atoms with van der Waals surface area (Å²) in [6.45, 7) is 0. The number of H-pyrrole nitrogens is 1. The van der Waals surface area contributed by atoms with Gasteiger partial charge in [-0.1, -0.05) is 72.8 Å². The fourth-order valence-electron chi connectivity index (χ4n) is 4.80. The van der Waals surface area contributed by atoms with E-state index in [-0.39, 0.29) is 0 Å². The lowest BCUT2D eigenvalue weighted by molar-refractivity contribution is 0.673. The maximum Gasteiger partial charge on any atom is 0.144 e. The van der Waals surface area contributed by atoms with Gasteiger partial charge >= 0.3 is 0 Å². The van der Waals surface area contributed by atoms with Gasteiger partial charge in [0.25, 0.3) is 0 Å². The molecule has 0 atom stereocenters. The minimum Gasteiger partial charge on any atom is -0.455 e. The van der Waals surface area contributed by atoms with Gasteiger partial charge in [-0.15, -0.1) is 0 Å². The molecule has 28 heavy (non-hydrogen) atoms. The summed E-state index contributed by atoms with van der Waals surface area (Å²) in [5, 5.41) is 9.77. The monoisotopic (exact) mass is 357 g/mol. The van der Waals surface area contributed by atoms with Crippen LogP contribution in [0.5, 0.6) is 0 Å². The molecule has 0 amide bonds. The van der Waals surface area contributed by atoms with Crippen LogP contribution in [0.1, 0.15) is 0 Å². The number of aromatic amines is 1. The maximum atomic E-state index is 6.39. The Balaban J connectivity index is 1.94. The first kappa shape index (κ1) is 14.3. The molecule has 0 saturated heterocycles. The molecule has 0 aliphatic heterocycles. The van der Waals surface area contributed by atoms with E-state index in [0.29, 0.717) is 0 Å². The highest BCUT2D eigenvalue weighted by Gasteiger charge is 2.19. The predicted octanol–water partition coefficient (Wildman–Crippen LogP) is 7.53. The lowest BCUT2D eigenvalue weighted by Gasteiger charge is -2.04. The Bertz CT molecular complexity index is 1720. The third kappa shape index (κ3) is 1.64. The molecule has 0 unspecified atom stereocenters. The van der Waals surface area contributed by atoms with Gasteiger partial charge in [0, 0.05) is 37.8 Å². The van der Waals surface area contributed by atoms with E-state index < -0.39 is 0 Å². The van der Waals surface area contributed by atoms with Crippen molar-refractivity contribution in [2.45, 2.75) is 0 Å². The topological polar surface area (TPSA) is 28.9 Å². The molecule has 7 aromatic rings. The van der Waals surface area contributed by atoms with Crippen LogP contribution in [0.25, 0.3) is 65.3 Å². The smallest absolute Gasteiger partial charge is 0.144 e. The predicted molar refractivity (Wildman–Crippen MR) is 118 cm³/mol.